The van der Waals surface area contributed by atoms with Crippen LogP contribution in [0.25, 0.3) is 10.9 Å². The molecule has 0 atom stereocenters. The molecule has 1 aromatic heterocycles. The molecule has 1 N–H and O–H groups in total. The predicted molar refractivity (Wildman–Crippen MR) is 75.7 cm³/mol. The lowest BCUT2D eigenvalue weighted by atomic mass is 10.2. The Morgan fingerprint density at radius 1 is 1.35 bits per heavy atom. The number of benzene rings is 1. The quantitative estimate of drug-likeness (QED) is 0.904. The molecule has 0 spiro atoms. The van der Waals surface area contributed by atoms with Crippen LogP contribution in [0.4, 0.5) is 5.82 Å². The van der Waals surface area contributed by atoms with Crippen LogP contribution in [0.2, 0.25) is 5.02 Å². The number of hydrogen-bond acceptors (Lipinski definition) is 2. The van der Waals surface area contributed by atoms with Crippen LogP contribution in [-0.2, 0) is 0 Å². The minimum absolute atomic E-state index is 0.695. The Kier molecular flexibility index (Phi) is 2.97. The maximum Gasteiger partial charge on any atom is 0.145 e. The molecule has 3 rings (SSSR count). The van der Waals surface area contributed by atoms with Crippen LogP contribution >= 0.6 is 27.5 Å². The molecular formula is C13H12BrClN2. The number of pyridine rings is 1. The molecule has 4 heteroatoms. The SMILES string of the molecule is Clc1cc2ccc(Br)cc2nc1NCC1CC1. The number of aromatic nitrogens is 1. The standard InChI is InChI=1S/C13H12BrClN2/c14-10-4-3-9-5-11(15)13(17-12(9)6-10)16-7-8-1-2-8/h3-6,8H,1-2,7H2,(H,16,17). The number of nitrogens with one attached hydrogen (secondary N) is 1. The van der Waals surface area contributed by atoms with Crippen molar-refractivity contribution in [3.63, 3.8) is 0 Å². The zero-order valence-electron chi connectivity index (χ0n) is 9.21. The highest BCUT2D eigenvalue weighted by molar-refractivity contribution is 9.10. The topological polar surface area (TPSA) is 24.9 Å². The molecule has 2 aromatic rings. The lowest BCUT2D eigenvalue weighted by Crippen LogP contribution is -2.05. The number of rotatable bonds is 3. The molecule has 1 aromatic carbocycles. The number of hydrogen-bond donors (Lipinski definition) is 1. The summed E-state index contributed by atoms with van der Waals surface area (Å²) >= 11 is 9.66. The third-order valence-electron chi connectivity index (χ3n) is 2.99. The maximum atomic E-state index is 6.21. The second-order valence-corrected chi connectivity index (χ2v) is 5.80. The van der Waals surface area contributed by atoms with Crippen molar-refractivity contribution in [2.45, 2.75) is 12.8 Å². The van der Waals surface area contributed by atoms with E-state index < -0.39 is 0 Å². The summed E-state index contributed by atoms with van der Waals surface area (Å²) in [6, 6.07) is 7.99. The van der Waals surface area contributed by atoms with E-state index in [-0.39, 0.29) is 0 Å². The summed E-state index contributed by atoms with van der Waals surface area (Å²) in [6.07, 6.45) is 2.65. The first-order valence-corrected chi connectivity index (χ1v) is 6.89. The van der Waals surface area contributed by atoms with Crippen molar-refractivity contribution in [3.05, 3.63) is 33.8 Å². The fraction of sp³-hybridized carbons (Fsp3) is 0.308. The van der Waals surface area contributed by atoms with E-state index in [0.29, 0.717) is 5.02 Å². The molecule has 1 aliphatic carbocycles. The first-order valence-electron chi connectivity index (χ1n) is 5.72. The Balaban J connectivity index is 1.95. The first-order chi connectivity index (χ1) is 8.22. The highest BCUT2D eigenvalue weighted by Gasteiger charge is 2.21. The molecular weight excluding hydrogens is 300 g/mol. The summed E-state index contributed by atoms with van der Waals surface area (Å²) in [5.74, 6) is 1.61. The molecule has 1 fully saturated rings. The van der Waals surface area contributed by atoms with Gasteiger partial charge in [0.1, 0.15) is 5.82 Å². The molecule has 17 heavy (non-hydrogen) atoms. The molecule has 88 valence electrons. The van der Waals surface area contributed by atoms with E-state index in [2.05, 4.69) is 26.2 Å². The number of nitrogens with zero attached hydrogens (tertiary/aromatic N) is 1. The van der Waals surface area contributed by atoms with Gasteiger partial charge < -0.3 is 5.32 Å². The highest BCUT2D eigenvalue weighted by Crippen LogP contribution is 2.31. The van der Waals surface area contributed by atoms with Gasteiger partial charge in [0.25, 0.3) is 0 Å². The van der Waals surface area contributed by atoms with Gasteiger partial charge in [0, 0.05) is 16.4 Å². The fourth-order valence-electron chi connectivity index (χ4n) is 1.80. The van der Waals surface area contributed by atoms with E-state index in [9.17, 15) is 0 Å². The van der Waals surface area contributed by atoms with E-state index in [1.165, 1.54) is 12.8 Å². The number of anilines is 1. The summed E-state index contributed by atoms with van der Waals surface area (Å²) in [4.78, 5) is 4.56. The van der Waals surface area contributed by atoms with Crippen LogP contribution in [0.5, 0.6) is 0 Å². The van der Waals surface area contributed by atoms with Gasteiger partial charge in [0.2, 0.25) is 0 Å². The van der Waals surface area contributed by atoms with Crippen LogP contribution in [0.3, 0.4) is 0 Å². The highest BCUT2D eigenvalue weighted by atomic mass is 79.9. The van der Waals surface area contributed by atoms with Crippen molar-refractivity contribution < 1.29 is 0 Å². The molecule has 0 unspecified atom stereocenters. The lowest BCUT2D eigenvalue weighted by molar-refractivity contribution is 0.884. The zero-order valence-corrected chi connectivity index (χ0v) is 11.6. The normalized spacial score (nSPS) is 15.2. The summed E-state index contributed by atoms with van der Waals surface area (Å²) in [6.45, 7) is 0.978. The van der Waals surface area contributed by atoms with Gasteiger partial charge in [-0.1, -0.05) is 33.6 Å². The molecule has 1 heterocycles. The van der Waals surface area contributed by atoms with Gasteiger partial charge in [0.15, 0.2) is 0 Å². The van der Waals surface area contributed by atoms with Gasteiger partial charge in [0.05, 0.1) is 10.5 Å². The van der Waals surface area contributed by atoms with Crippen molar-refractivity contribution >= 4 is 44.3 Å². The minimum Gasteiger partial charge on any atom is -0.369 e. The van der Waals surface area contributed by atoms with E-state index in [1.807, 2.05) is 24.3 Å². The van der Waals surface area contributed by atoms with E-state index in [1.54, 1.807) is 0 Å². The third kappa shape index (κ3) is 2.55. The Labute approximate surface area is 114 Å². The number of halogens is 2. The molecule has 1 aliphatic rings. The maximum absolute atomic E-state index is 6.21. The molecule has 2 nitrogen and oxygen atoms in total. The van der Waals surface area contributed by atoms with Crippen LogP contribution < -0.4 is 5.32 Å². The lowest BCUT2D eigenvalue weighted by Gasteiger charge is -2.08. The Morgan fingerprint density at radius 3 is 2.94 bits per heavy atom. The zero-order chi connectivity index (χ0) is 11.8. The van der Waals surface area contributed by atoms with Crippen molar-refractivity contribution in [1.29, 1.82) is 0 Å². The molecule has 0 radical (unpaired) electrons. The average molecular weight is 312 g/mol. The van der Waals surface area contributed by atoms with Gasteiger partial charge in [-0.15, -0.1) is 0 Å². The monoisotopic (exact) mass is 310 g/mol. The van der Waals surface area contributed by atoms with E-state index in [4.69, 9.17) is 11.6 Å². The molecule has 0 saturated heterocycles. The fourth-order valence-corrected chi connectivity index (χ4v) is 2.38. The Morgan fingerprint density at radius 2 is 2.18 bits per heavy atom. The Bertz CT molecular complexity index is 567. The van der Waals surface area contributed by atoms with Crippen molar-refractivity contribution in [3.8, 4) is 0 Å². The van der Waals surface area contributed by atoms with Crippen molar-refractivity contribution in [1.82, 2.24) is 4.98 Å². The largest absolute Gasteiger partial charge is 0.369 e. The summed E-state index contributed by atoms with van der Waals surface area (Å²) in [5, 5.41) is 5.09. The third-order valence-corrected chi connectivity index (χ3v) is 3.77. The van der Waals surface area contributed by atoms with Gasteiger partial charge >= 0.3 is 0 Å². The van der Waals surface area contributed by atoms with Crippen LogP contribution in [0, 0.1) is 5.92 Å². The first kappa shape index (κ1) is 11.3. The van der Waals surface area contributed by atoms with Crippen LogP contribution in [0.15, 0.2) is 28.7 Å². The van der Waals surface area contributed by atoms with Crippen LogP contribution in [0.1, 0.15) is 12.8 Å². The molecule has 1 saturated carbocycles. The van der Waals surface area contributed by atoms with Gasteiger partial charge in [-0.2, -0.15) is 0 Å². The van der Waals surface area contributed by atoms with E-state index in [0.717, 1.165) is 33.7 Å². The summed E-state index contributed by atoms with van der Waals surface area (Å²) in [5.41, 5.74) is 0.960. The average Bonchev–Trinajstić information content (AvgIpc) is 3.11. The smallest absolute Gasteiger partial charge is 0.145 e. The van der Waals surface area contributed by atoms with Gasteiger partial charge in [-0.05, 0) is 37.0 Å². The number of fused-ring (bicyclic) bond motifs is 1. The molecule has 0 bridgehead atoms. The van der Waals surface area contributed by atoms with Gasteiger partial charge in [-0.3, -0.25) is 0 Å². The second-order valence-electron chi connectivity index (χ2n) is 4.48. The summed E-state index contributed by atoms with van der Waals surface area (Å²) in [7, 11) is 0. The van der Waals surface area contributed by atoms with Gasteiger partial charge in [-0.25, -0.2) is 4.98 Å². The molecule has 0 amide bonds. The van der Waals surface area contributed by atoms with Crippen molar-refractivity contribution in [2.75, 3.05) is 11.9 Å². The Hall–Kier alpha value is -0.800. The second kappa shape index (κ2) is 4.46. The van der Waals surface area contributed by atoms with Crippen molar-refractivity contribution in [2.24, 2.45) is 5.92 Å². The molecule has 0 aliphatic heterocycles. The van der Waals surface area contributed by atoms with Crippen LogP contribution in [-0.4, -0.2) is 11.5 Å². The predicted octanol–water partition coefficient (Wildman–Crippen LogP) is 4.47. The summed E-state index contributed by atoms with van der Waals surface area (Å²) < 4.78 is 1.04. The van der Waals surface area contributed by atoms with E-state index >= 15 is 0 Å². The minimum atomic E-state index is 0.695.